The van der Waals surface area contributed by atoms with E-state index in [1.807, 2.05) is 0 Å². The molecule has 3 aromatic rings. The molecule has 1 aliphatic heterocycles. The highest BCUT2D eigenvalue weighted by atomic mass is 16.5. The molecule has 4 rings (SSSR count). The van der Waals surface area contributed by atoms with Gasteiger partial charge in [0.15, 0.2) is 0 Å². The van der Waals surface area contributed by atoms with Gasteiger partial charge in [0, 0.05) is 24.1 Å². The Morgan fingerprint density at radius 3 is 2.46 bits per heavy atom. The Morgan fingerprint density at radius 1 is 1.03 bits per heavy atom. The van der Waals surface area contributed by atoms with Crippen molar-refractivity contribution in [2.75, 3.05) is 19.1 Å². The van der Waals surface area contributed by atoms with Gasteiger partial charge in [-0.1, -0.05) is 12.1 Å². The average Bonchev–Trinajstić information content (AvgIpc) is 3.18. The molecule has 1 fully saturated rings. The Kier molecular flexibility index (Phi) is 7.24. The van der Waals surface area contributed by atoms with Crippen molar-refractivity contribution in [1.29, 1.82) is 0 Å². The number of rotatable bonds is 7. The summed E-state index contributed by atoms with van der Waals surface area (Å²) < 4.78 is 15.9. The van der Waals surface area contributed by atoms with E-state index in [0.717, 1.165) is 0 Å². The summed E-state index contributed by atoms with van der Waals surface area (Å²) in [5.74, 6) is -1.98. The summed E-state index contributed by atoms with van der Waals surface area (Å²) in [6.07, 6.45) is 2.74. The number of esters is 1. The van der Waals surface area contributed by atoms with Gasteiger partial charge in [-0.15, -0.1) is 0 Å². The van der Waals surface area contributed by atoms with Crippen LogP contribution in [0.1, 0.15) is 41.4 Å². The summed E-state index contributed by atoms with van der Waals surface area (Å²) in [5, 5.41) is 11.4. The number of carbonyl (C=O) groups is 3. The van der Waals surface area contributed by atoms with E-state index in [2.05, 4.69) is 4.98 Å². The Bertz CT molecular complexity index is 1380. The van der Waals surface area contributed by atoms with Crippen LogP contribution in [0.5, 0.6) is 11.5 Å². The Morgan fingerprint density at radius 2 is 1.81 bits per heavy atom. The number of aliphatic hydroxyl groups is 1. The lowest BCUT2D eigenvalue weighted by Gasteiger charge is -2.25. The van der Waals surface area contributed by atoms with Crippen LogP contribution in [0.25, 0.3) is 5.76 Å². The van der Waals surface area contributed by atoms with Crippen LogP contribution < -0.4 is 14.4 Å². The maximum absolute atomic E-state index is 13.4. The lowest BCUT2D eigenvalue weighted by atomic mass is 9.95. The number of Topliss-reactive ketones (excluding diaryl/α,β-unsaturated/α-hetero) is 1. The number of amides is 1. The fourth-order valence-corrected chi connectivity index (χ4v) is 4.16. The highest BCUT2D eigenvalue weighted by Gasteiger charge is 2.47. The molecule has 37 heavy (non-hydrogen) atoms. The molecular formula is C28H26N2O7. The molecule has 0 aliphatic carbocycles. The first-order valence-corrected chi connectivity index (χ1v) is 11.5. The second-order valence-electron chi connectivity index (χ2n) is 8.53. The number of nitrogens with zero attached hydrogens (tertiary/aromatic N) is 2. The third-order valence-electron chi connectivity index (χ3n) is 5.81. The van der Waals surface area contributed by atoms with E-state index in [9.17, 15) is 19.5 Å². The largest absolute Gasteiger partial charge is 0.507 e. The van der Waals surface area contributed by atoms with Crippen molar-refractivity contribution in [3.05, 3.63) is 89.3 Å². The molecule has 1 saturated heterocycles. The van der Waals surface area contributed by atoms with Crippen molar-refractivity contribution < 1.29 is 33.7 Å². The summed E-state index contributed by atoms with van der Waals surface area (Å²) in [7, 11) is 2.91. The summed E-state index contributed by atoms with van der Waals surface area (Å²) in [5.41, 5.74) is 1.07. The zero-order valence-corrected chi connectivity index (χ0v) is 20.8. The van der Waals surface area contributed by atoms with E-state index in [4.69, 9.17) is 14.2 Å². The van der Waals surface area contributed by atoms with Gasteiger partial charge >= 0.3 is 5.97 Å². The molecular weight excluding hydrogens is 476 g/mol. The van der Waals surface area contributed by atoms with Crippen molar-refractivity contribution in [1.82, 2.24) is 4.98 Å². The van der Waals surface area contributed by atoms with Gasteiger partial charge in [-0.2, -0.15) is 0 Å². The molecule has 1 atom stereocenters. The molecule has 190 valence electrons. The number of carbonyl (C=O) groups excluding carboxylic acids is 3. The second kappa shape index (κ2) is 10.5. The van der Waals surface area contributed by atoms with Gasteiger partial charge in [-0.05, 0) is 55.8 Å². The molecule has 1 unspecified atom stereocenters. The molecule has 0 bridgehead atoms. The Balaban J connectivity index is 1.90. The molecule has 9 heteroatoms. The van der Waals surface area contributed by atoms with Gasteiger partial charge in [0.25, 0.3) is 11.7 Å². The summed E-state index contributed by atoms with van der Waals surface area (Å²) in [6, 6.07) is 13.3. The number of aliphatic hydroxyl groups excluding tert-OH is 1. The van der Waals surface area contributed by atoms with Crippen LogP contribution in [-0.2, 0) is 14.3 Å². The van der Waals surface area contributed by atoms with Gasteiger partial charge in [-0.25, -0.2) is 4.79 Å². The van der Waals surface area contributed by atoms with Crippen molar-refractivity contribution >= 4 is 29.1 Å². The van der Waals surface area contributed by atoms with Crippen molar-refractivity contribution in [2.45, 2.75) is 26.0 Å². The molecule has 0 radical (unpaired) electrons. The molecule has 1 amide bonds. The molecule has 1 aliphatic rings. The molecule has 1 N–H and O–H groups in total. The molecule has 0 spiro atoms. The van der Waals surface area contributed by atoms with Gasteiger partial charge in [0.05, 0.1) is 43.1 Å². The van der Waals surface area contributed by atoms with Crippen LogP contribution >= 0.6 is 0 Å². The monoisotopic (exact) mass is 502 g/mol. The van der Waals surface area contributed by atoms with Crippen LogP contribution in [0.15, 0.2) is 72.6 Å². The first-order valence-electron chi connectivity index (χ1n) is 11.5. The van der Waals surface area contributed by atoms with Crippen LogP contribution in [0.2, 0.25) is 0 Å². The number of methoxy groups -OCH3 is 2. The van der Waals surface area contributed by atoms with E-state index in [0.29, 0.717) is 11.3 Å². The number of benzene rings is 2. The minimum absolute atomic E-state index is 0.142. The topological polar surface area (TPSA) is 115 Å². The molecule has 2 aromatic carbocycles. The minimum Gasteiger partial charge on any atom is -0.507 e. The molecule has 9 nitrogen and oxygen atoms in total. The fraction of sp³-hybridized carbons (Fsp3) is 0.214. The minimum atomic E-state index is -1.02. The Labute approximate surface area is 213 Å². The van der Waals surface area contributed by atoms with E-state index >= 15 is 0 Å². The quantitative estimate of drug-likeness (QED) is 0.220. The van der Waals surface area contributed by atoms with Crippen LogP contribution in [-0.4, -0.2) is 48.1 Å². The highest BCUT2D eigenvalue weighted by molar-refractivity contribution is 6.51. The lowest BCUT2D eigenvalue weighted by molar-refractivity contribution is -0.132. The van der Waals surface area contributed by atoms with Crippen molar-refractivity contribution in [2.24, 2.45) is 0 Å². The van der Waals surface area contributed by atoms with Crippen molar-refractivity contribution in [3.63, 3.8) is 0 Å². The molecule has 1 aromatic heterocycles. The molecule has 0 saturated carbocycles. The van der Waals surface area contributed by atoms with Crippen LogP contribution in [0, 0.1) is 0 Å². The predicted octanol–water partition coefficient (Wildman–Crippen LogP) is 4.29. The number of ether oxygens (including phenoxy) is 3. The standard InChI is InChI=1S/C28H26N2O7/c1-16(2)37-28(34)17-7-5-9-19(13-17)30-24(18-8-6-12-29-15-18)23(26(32)27(30)33)25(31)21-11-10-20(35-3)14-22(21)36-4/h5-16,24,31H,1-4H3/b25-23-. The van der Waals surface area contributed by atoms with Crippen LogP contribution in [0.4, 0.5) is 5.69 Å². The predicted molar refractivity (Wildman–Crippen MR) is 136 cm³/mol. The third kappa shape index (κ3) is 4.88. The number of aromatic nitrogens is 1. The Hall–Kier alpha value is -4.66. The zero-order valence-electron chi connectivity index (χ0n) is 20.8. The van der Waals surface area contributed by atoms with Gasteiger partial charge in [-0.3, -0.25) is 19.5 Å². The number of hydrogen-bond donors (Lipinski definition) is 1. The maximum atomic E-state index is 13.4. The number of ketones is 1. The highest BCUT2D eigenvalue weighted by Crippen LogP contribution is 2.43. The van der Waals surface area contributed by atoms with E-state index in [1.54, 1.807) is 68.6 Å². The zero-order chi connectivity index (χ0) is 26.7. The summed E-state index contributed by atoms with van der Waals surface area (Å²) in [4.78, 5) is 44.7. The van der Waals surface area contributed by atoms with Crippen LogP contribution in [0.3, 0.4) is 0 Å². The number of anilines is 1. The maximum Gasteiger partial charge on any atom is 0.338 e. The number of hydrogen-bond acceptors (Lipinski definition) is 8. The van der Waals surface area contributed by atoms with E-state index in [-0.39, 0.29) is 34.2 Å². The number of pyridine rings is 1. The summed E-state index contributed by atoms with van der Waals surface area (Å²) in [6.45, 7) is 3.46. The van der Waals surface area contributed by atoms with Gasteiger partial charge < -0.3 is 19.3 Å². The molecule has 2 heterocycles. The normalized spacial score (nSPS) is 16.7. The van der Waals surface area contributed by atoms with Gasteiger partial charge in [0.1, 0.15) is 17.3 Å². The fourth-order valence-electron chi connectivity index (χ4n) is 4.16. The van der Waals surface area contributed by atoms with E-state index < -0.39 is 29.5 Å². The average molecular weight is 503 g/mol. The summed E-state index contributed by atoms with van der Waals surface area (Å²) >= 11 is 0. The second-order valence-corrected chi connectivity index (χ2v) is 8.53. The first kappa shape index (κ1) is 25.4. The van der Waals surface area contributed by atoms with E-state index in [1.165, 1.54) is 31.4 Å². The third-order valence-corrected chi connectivity index (χ3v) is 5.81. The smallest absolute Gasteiger partial charge is 0.338 e. The lowest BCUT2D eigenvalue weighted by Crippen LogP contribution is -2.29. The first-order chi connectivity index (χ1) is 17.8. The SMILES string of the molecule is COc1ccc(/C(O)=C2/C(=O)C(=O)N(c3cccc(C(=O)OC(C)C)c3)C2c2cccnc2)c(OC)c1. The van der Waals surface area contributed by atoms with Crippen molar-refractivity contribution in [3.8, 4) is 11.5 Å². The van der Waals surface area contributed by atoms with Gasteiger partial charge in [0.2, 0.25) is 0 Å².